The molecule has 0 aliphatic rings. The Labute approximate surface area is 155 Å². The van der Waals surface area contributed by atoms with Gasteiger partial charge in [0, 0.05) is 11.3 Å². The lowest BCUT2D eigenvalue weighted by atomic mass is 10.1. The molecule has 2 aromatic carbocycles. The highest BCUT2D eigenvalue weighted by Crippen LogP contribution is 2.18. The van der Waals surface area contributed by atoms with Crippen LogP contribution in [0.4, 0.5) is 0 Å². The molecule has 0 saturated carbocycles. The smallest absolute Gasteiger partial charge is 0.269 e. The van der Waals surface area contributed by atoms with Gasteiger partial charge in [-0.05, 0) is 69.7 Å². The van der Waals surface area contributed by atoms with Gasteiger partial charge in [0.25, 0.3) is 5.91 Å². The quantitative estimate of drug-likeness (QED) is 0.697. The number of carbonyl (C=O) groups excluding carboxylic acids is 1. The summed E-state index contributed by atoms with van der Waals surface area (Å²) in [7, 11) is 0. The first-order valence-corrected chi connectivity index (χ1v) is 8.64. The summed E-state index contributed by atoms with van der Waals surface area (Å²) in [5.41, 5.74) is 9.21. The zero-order valence-electron chi connectivity index (χ0n) is 15.8. The Morgan fingerprint density at radius 3 is 1.96 bits per heavy atom. The molecule has 2 aromatic rings. The molecule has 26 heavy (non-hydrogen) atoms. The minimum Gasteiger partial charge on any atom is -0.494 e. The SMILES string of the molecule is CCOc1ccc(OCc2ccc(C(=O)NNC(C)=C(C)C)cc2)cc1. The van der Waals surface area contributed by atoms with Crippen LogP contribution in [0.25, 0.3) is 0 Å². The molecular weight excluding hydrogens is 328 g/mol. The summed E-state index contributed by atoms with van der Waals surface area (Å²) >= 11 is 0. The summed E-state index contributed by atoms with van der Waals surface area (Å²) in [6.45, 7) is 8.90. The monoisotopic (exact) mass is 354 g/mol. The van der Waals surface area contributed by atoms with Gasteiger partial charge >= 0.3 is 0 Å². The molecule has 0 spiro atoms. The van der Waals surface area contributed by atoms with Crippen molar-refractivity contribution in [2.45, 2.75) is 34.3 Å². The fourth-order valence-electron chi connectivity index (χ4n) is 2.07. The van der Waals surface area contributed by atoms with Gasteiger partial charge in [-0.1, -0.05) is 17.7 Å². The molecule has 5 heteroatoms. The summed E-state index contributed by atoms with van der Waals surface area (Å²) in [6.07, 6.45) is 0. The first-order chi connectivity index (χ1) is 12.5. The minimum atomic E-state index is -0.176. The lowest BCUT2D eigenvalue weighted by Crippen LogP contribution is -2.36. The first kappa shape index (κ1) is 19.4. The average Bonchev–Trinajstić information content (AvgIpc) is 2.65. The predicted molar refractivity (Wildman–Crippen MR) is 103 cm³/mol. The number of hydrazine groups is 1. The van der Waals surface area contributed by atoms with E-state index in [0.29, 0.717) is 18.8 Å². The van der Waals surface area contributed by atoms with Crippen LogP contribution in [0.2, 0.25) is 0 Å². The Morgan fingerprint density at radius 2 is 1.42 bits per heavy atom. The first-order valence-electron chi connectivity index (χ1n) is 8.64. The number of amides is 1. The molecule has 0 unspecified atom stereocenters. The van der Waals surface area contributed by atoms with Crippen molar-refractivity contribution in [3.8, 4) is 11.5 Å². The standard InChI is InChI=1S/C21H26N2O3/c1-5-25-19-10-12-20(13-11-19)26-14-17-6-8-18(9-7-17)21(24)23-22-16(4)15(2)3/h6-13,22H,5,14H2,1-4H3,(H,23,24). The fourth-order valence-corrected chi connectivity index (χ4v) is 2.07. The third kappa shape index (κ3) is 5.84. The van der Waals surface area contributed by atoms with Crippen molar-refractivity contribution in [1.29, 1.82) is 0 Å². The molecule has 0 atom stereocenters. The molecule has 0 aromatic heterocycles. The van der Waals surface area contributed by atoms with E-state index in [-0.39, 0.29) is 5.91 Å². The van der Waals surface area contributed by atoms with Gasteiger partial charge in [0.1, 0.15) is 18.1 Å². The number of hydrogen-bond donors (Lipinski definition) is 2. The van der Waals surface area contributed by atoms with Crippen LogP contribution < -0.4 is 20.3 Å². The molecule has 2 N–H and O–H groups in total. The van der Waals surface area contributed by atoms with Crippen molar-refractivity contribution >= 4 is 5.91 Å². The van der Waals surface area contributed by atoms with Crippen LogP contribution in [0.3, 0.4) is 0 Å². The highest BCUT2D eigenvalue weighted by atomic mass is 16.5. The lowest BCUT2D eigenvalue weighted by Gasteiger charge is -2.11. The van der Waals surface area contributed by atoms with Crippen LogP contribution in [-0.2, 0) is 6.61 Å². The van der Waals surface area contributed by atoms with Gasteiger partial charge in [0.05, 0.1) is 6.61 Å². The van der Waals surface area contributed by atoms with Crippen molar-refractivity contribution in [2.75, 3.05) is 6.61 Å². The summed E-state index contributed by atoms with van der Waals surface area (Å²) in [5, 5.41) is 0. The van der Waals surface area contributed by atoms with E-state index in [2.05, 4.69) is 10.9 Å². The van der Waals surface area contributed by atoms with Crippen molar-refractivity contribution < 1.29 is 14.3 Å². The Kier molecular flexibility index (Phi) is 7.09. The maximum Gasteiger partial charge on any atom is 0.269 e. The van der Waals surface area contributed by atoms with Crippen molar-refractivity contribution in [3.05, 3.63) is 70.9 Å². The molecule has 0 aliphatic heterocycles. The van der Waals surface area contributed by atoms with E-state index in [1.54, 1.807) is 12.1 Å². The number of carbonyl (C=O) groups is 1. The second kappa shape index (κ2) is 9.51. The lowest BCUT2D eigenvalue weighted by molar-refractivity contribution is 0.0938. The molecule has 0 radical (unpaired) electrons. The van der Waals surface area contributed by atoms with Crippen LogP contribution in [0.5, 0.6) is 11.5 Å². The average molecular weight is 354 g/mol. The molecule has 0 fully saturated rings. The van der Waals surface area contributed by atoms with Crippen molar-refractivity contribution in [3.63, 3.8) is 0 Å². The molecule has 5 nitrogen and oxygen atoms in total. The number of benzene rings is 2. The normalized spacial score (nSPS) is 10.0. The van der Waals surface area contributed by atoms with E-state index in [9.17, 15) is 4.79 Å². The van der Waals surface area contributed by atoms with E-state index >= 15 is 0 Å². The number of rotatable bonds is 8. The summed E-state index contributed by atoms with van der Waals surface area (Å²) in [6, 6.07) is 14.9. The molecule has 1 amide bonds. The van der Waals surface area contributed by atoms with Crippen LogP contribution in [0.15, 0.2) is 59.8 Å². The summed E-state index contributed by atoms with van der Waals surface area (Å²) in [4.78, 5) is 12.1. The highest BCUT2D eigenvalue weighted by molar-refractivity contribution is 5.93. The number of allylic oxidation sites excluding steroid dienone is 2. The van der Waals surface area contributed by atoms with E-state index in [0.717, 1.165) is 28.3 Å². The van der Waals surface area contributed by atoms with Gasteiger partial charge in [-0.2, -0.15) is 0 Å². The van der Waals surface area contributed by atoms with Gasteiger partial charge in [-0.15, -0.1) is 0 Å². The van der Waals surface area contributed by atoms with Gasteiger partial charge in [0.15, 0.2) is 0 Å². The Balaban J connectivity index is 1.86. The summed E-state index contributed by atoms with van der Waals surface area (Å²) in [5.74, 6) is 1.42. The zero-order valence-corrected chi connectivity index (χ0v) is 15.8. The Morgan fingerprint density at radius 1 is 0.846 bits per heavy atom. The van der Waals surface area contributed by atoms with Crippen LogP contribution in [-0.4, -0.2) is 12.5 Å². The van der Waals surface area contributed by atoms with Gasteiger partial charge in [-0.3, -0.25) is 10.2 Å². The van der Waals surface area contributed by atoms with Crippen LogP contribution in [0.1, 0.15) is 43.6 Å². The fraction of sp³-hybridized carbons (Fsp3) is 0.286. The second-order valence-electron chi connectivity index (χ2n) is 6.09. The van der Waals surface area contributed by atoms with Crippen LogP contribution >= 0.6 is 0 Å². The zero-order chi connectivity index (χ0) is 18.9. The third-order valence-electron chi connectivity index (χ3n) is 3.87. The Hall–Kier alpha value is -2.95. The maximum atomic E-state index is 12.1. The molecular formula is C21H26N2O3. The van der Waals surface area contributed by atoms with Crippen molar-refractivity contribution in [1.82, 2.24) is 10.9 Å². The predicted octanol–water partition coefficient (Wildman–Crippen LogP) is 4.21. The molecule has 0 heterocycles. The van der Waals surface area contributed by atoms with E-state index < -0.39 is 0 Å². The van der Waals surface area contributed by atoms with Crippen LogP contribution in [0, 0.1) is 0 Å². The second-order valence-corrected chi connectivity index (χ2v) is 6.09. The van der Waals surface area contributed by atoms with E-state index in [1.807, 2.05) is 64.1 Å². The topological polar surface area (TPSA) is 59.6 Å². The minimum absolute atomic E-state index is 0.176. The largest absolute Gasteiger partial charge is 0.494 e. The maximum absolute atomic E-state index is 12.1. The van der Waals surface area contributed by atoms with Gasteiger partial charge < -0.3 is 14.9 Å². The van der Waals surface area contributed by atoms with Crippen molar-refractivity contribution in [2.24, 2.45) is 0 Å². The third-order valence-corrected chi connectivity index (χ3v) is 3.87. The van der Waals surface area contributed by atoms with E-state index in [1.165, 1.54) is 0 Å². The summed E-state index contributed by atoms with van der Waals surface area (Å²) < 4.78 is 11.2. The molecule has 0 saturated heterocycles. The molecule has 2 rings (SSSR count). The Bertz CT molecular complexity index is 746. The highest BCUT2D eigenvalue weighted by Gasteiger charge is 2.05. The van der Waals surface area contributed by atoms with Gasteiger partial charge in [-0.25, -0.2) is 0 Å². The van der Waals surface area contributed by atoms with E-state index in [4.69, 9.17) is 9.47 Å². The number of ether oxygens (including phenoxy) is 2. The van der Waals surface area contributed by atoms with Gasteiger partial charge in [0.2, 0.25) is 0 Å². The number of nitrogens with one attached hydrogen (secondary N) is 2. The molecule has 138 valence electrons. The molecule has 0 aliphatic carbocycles. The molecule has 0 bridgehead atoms. The number of hydrogen-bond acceptors (Lipinski definition) is 4.